The number of aromatic nitrogens is 1. The van der Waals surface area contributed by atoms with Gasteiger partial charge in [0.25, 0.3) is 10.1 Å². The topological polar surface area (TPSA) is 56.3 Å². The highest BCUT2D eigenvalue weighted by Crippen LogP contribution is 2.01. The van der Waals surface area contributed by atoms with Crippen molar-refractivity contribution in [2.24, 2.45) is 0 Å². The molecule has 0 N–H and O–H groups in total. The minimum Gasteiger partial charge on any atom is -0.270 e. The van der Waals surface area contributed by atoms with Gasteiger partial charge in [-0.25, -0.2) is 0 Å². The zero-order valence-corrected chi connectivity index (χ0v) is 8.19. The summed E-state index contributed by atoms with van der Waals surface area (Å²) in [6, 6.07) is 1.84. The highest BCUT2D eigenvalue weighted by molar-refractivity contribution is 7.85. The van der Waals surface area contributed by atoms with Crippen LogP contribution < -0.4 is 0 Å². The maximum absolute atomic E-state index is 10.5. The van der Waals surface area contributed by atoms with Gasteiger partial charge in [-0.3, -0.25) is 4.18 Å². The molecule has 4 nitrogen and oxygen atoms in total. The SMILES string of the molecule is CS(=O)(=O)OCCc1ccsn1. The van der Waals surface area contributed by atoms with Crippen molar-refractivity contribution in [3.63, 3.8) is 0 Å². The molecule has 1 aromatic rings. The average molecular weight is 207 g/mol. The van der Waals surface area contributed by atoms with Crippen LogP contribution >= 0.6 is 11.5 Å². The van der Waals surface area contributed by atoms with E-state index >= 15 is 0 Å². The summed E-state index contributed by atoms with van der Waals surface area (Å²) in [6.45, 7) is 0.169. The summed E-state index contributed by atoms with van der Waals surface area (Å²) in [5.41, 5.74) is 0.864. The first-order valence-electron chi connectivity index (χ1n) is 3.31. The van der Waals surface area contributed by atoms with Crippen LogP contribution in [0.15, 0.2) is 11.4 Å². The van der Waals surface area contributed by atoms with Crippen LogP contribution in [0.25, 0.3) is 0 Å². The molecule has 0 aliphatic carbocycles. The van der Waals surface area contributed by atoms with E-state index in [9.17, 15) is 8.42 Å². The van der Waals surface area contributed by atoms with E-state index in [0.717, 1.165) is 11.9 Å². The standard InChI is InChI=1S/C6H9NO3S2/c1-12(8,9)10-4-2-6-3-5-11-7-6/h3,5H,2,4H2,1H3. The van der Waals surface area contributed by atoms with Crippen LogP contribution in [0.1, 0.15) is 5.69 Å². The number of hydrogen-bond acceptors (Lipinski definition) is 5. The van der Waals surface area contributed by atoms with Gasteiger partial charge in [-0.15, -0.1) is 0 Å². The van der Waals surface area contributed by atoms with Crippen LogP contribution in [-0.2, 0) is 20.7 Å². The van der Waals surface area contributed by atoms with Crippen molar-refractivity contribution in [2.75, 3.05) is 12.9 Å². The summed E-state index contributed by atoms with van der Waals surface area (Å²) >= 11 is 1.34. The number of hydrogen-bond donors (Lipinski definition) is 0. The molecule has 0 atom stereocenters. The molecule has 0 saturated heterocycles. The molecule has 1 aromatic heterocycles. The van der Waals surface area contributed by atoms with Gasteiger partial charge in [0.05, 0.1) is 18.6 Å². The van der Waals surface area contributed by atoms with E-state index in [2.05, 4.69) is 8.56 Å². The minimum absolute atomic E-state index is 0.169. The van der Waals surface area contributed by atoms with Crippen molar-refractivity contribution >= 4 is 21.7 Å². The second-order valence-electron chi connectivity index (χ2n) is 2.27. The smallest absolute Gasteiger partial charge is 0.264 e. The molecule has 0 aliphatic rings. The summed E-state index contributed by atoms with van der Waals surface area (Å²) in [5.74, 6) is 0. The van der Waals surface area contributed by atoms with E-state index in [1.165, 1.54) is 11.5 Å². The molecule has 1 rings (SSSR count). The third-order valence-corrected chi connectivity index (χ3v) is 2.34. The summed E-state index contributed by atoms with van der Waals surface area (Å²) in [4.78, 5) is 0. The Bertz CT molecular complexity index is 317. The van der Waals surface area contributed by atoms with Crippen molar-refractivity contribution in [3.8, 4) is 0 Å². The molecule has 0 amide bonds. The molecule has 68 valence electrons. The maximum atomic E-state index is 10.5. The quantitative estimate of drug-likeness (QED) is 0.681. The molecule has 0 unspecified atom stereocenters. The molecule has 0 saturated carbocycles. The van der Waals surface area contributed by atoms with Gasteiger partial charge in [0.1, 0.15) is 0 Å². The van der Waals surface area contributed by atoms with E-state index < -0.39 is 10.1 Å². The number of rotatable bonds is 4. The predicted molar refractivity (Wildman–Crippen MR) is 46.6 cm³/mol. The van der Waals surface area contributed by atoms with E-state index in [1.54, 1.807) is 0 Å². The van der Waals surface area contributed by atoms with Crippen molar-refractivity contribution in [1.29, 1.82) is 0 Å². The molecular formula is C6H9NO3S2. The molecule has 0 spiro atoms. The third kappa shape index (κ3) is 3.80. The predicted octanol–water partition coefficient (Wildman–Crippen LogP) is 0.662. The van der Waals surface area contributed by atoms with Crippen LogP contribution in [0.3, 0.4) is 0 Å². The Morgan fingerprint density at radius 2 is 2.42 bits per heavy atom. The van der Waals surface area contributed by atoms with Crippen molar-refractivity contribution < 1.29 is 12.6 Å². The molecular weight excluding hydrogens is 198 g/mol. The lowest BCUT2D eigenvalue weighted by Crippen LogP contribution is -2.06. The first-order chi connectivity index (χ1) is 5.58. The number of nitrogens with zero attached hydrogens (tertiary/aromatic N) is 1. The monoisotopic (exact) mass is 207 g/mol. The highest BCUT2D eigenvalue weighted by atomic mass is 32.2. The zero-order chi connectivity index (χ0) is 9.03. The van der Waals surface area contributed by atoms with Gasteiger partial charge < -0.3 is 0 Å². The van der Waals surface area contributed by atoms with Crippen molar-refractivity contribution in [2.45, 2.75) is 6.42 Å². The molecule has 0 aliphatic heterocycles. The lowest BCUT2D eigenvalue weighted by atomic mass is 10.3. The fourth-order valence-electron chi connectivity index (χ4n) is 0.664. The third-order valence-electron chi connectivity index (χ3n) is 1.15. The first kappa shape index (κ1) is 9.63. The minimum atomic E-state index is -3.30. The summed E-state index contributed by atoms with van der Waals surface area (Å²) in [6.07, 6.45) is 1.57. The van der Waals surface area contributed by atoms with Gasteiger partial charge in [-0.1, -0.05) is 0 Å². The highest BCUT2D eigenvalue weighted by Gasteiger charge is 2.01. The molecule has 6 heteroatoms. The van der Waals surface area contributed by atoms with Gasteiger partial charge in [-0.2, -0.15) is 12.8 Å². The lowest BCUT2D eigenvalue weighted by Gasteiger charge is -1.97. The Balaban J connectivity index is 2.29. The van der Waals surface area contributed by atoms with Gasteiger partial charge in [0.2, 0.25) is 0 Å². The van der Waals surface area contributed by atoms with Crippen LogP contribution in [0.5, 0.6) is 0 Å². The largest absolute Gasteiger partial charge is 0.270 e. The van der Waals surface area contributed by atoms with E-state index in [4.69, 9.17) is 0 Å². The molecule has 0 bridgehead atoms. The molecule has 0 aromatic carbocycles. The van der Waals surface area contributed by atoms with E-state index in [0.29, 0.717) is 6.42 Å². The normalized spacial score (nSPS) is 11.8. The molecule has 12 heavy (non-hydrogen) atoms. The summed E-state index contributed by atoms with van der Waals surface area (Å²) in [7, 11) is -3.30. The lowest BCUT2D eigenvalue weighted by molar-refractivity contribution is 0.325. The first-order valence-corrected chi connectivity index (χ1v) is 5.97. The second kappa shape index (κ2) is 3.97. The van der Waals surface area contributed by atoms with Crippen LogP contribution in [0.2, 0.25) is 0 Å². The second-order valence-corrected chi connectivity index (χ2v) is 4.58. The van der Waals surface area contributed by atoms with Crippen LogP contribution in [0, 0.1) is 0 Å². The van der Waals surface area contributed by atoms with Gasteiger partial charge >= 0.3 is 0 Å². The maximum Gasteiger partial charge on any atom is 0.264 e. The Morgan fingerprint density at radius 1 is 1.67 bits per heavy atom. The Labute approximate surface area is 75.5 Å². The molecule has 0 radical (unpaired) electrons. The zero-order valence-electron chi connectivity index (χ0n) is 6.56. The van der Waals surface area contributed by atoms with Crippen molar-refractivity contribution in [3.05, 3.63) is 17.1 Å². The Kier molecular flexibility index (Phi) is 3.19. The van der Waals surface area contributed by atoms with Gasteiger partial charge in [0.15, 0.2) is 0 Å². The fourth-order valence-corrected chi connectivity index (χ4v) is 1.62. The van der Waals surface area contributed by atoms with Crippen LogP contribution in [-0.4, -0.2) is 25.7 Å². The Hall–Kier alpha value is -0.460. The molecule has 0 fully saturated rings. The molecule has 1 heterocycles. The van der Waals surface area contributed by atoms with E-state index in [1.807, 2.05) is 11.4 Å². The summed E-state index contributed by atoms with van der Waals surface area (Å²) < 4.78 is 29.6. The average Bonchev–Trinajstić information content (AvgIpc) is 2.36. The fraction of sp³-hybridized carbons (Fsp3) is 0.500. The summed E-state index contributed by atoms with van der Waals surface area (Å²) in [5, 5.41) is 1.84. The van der Waals surface area contributed by atoms with E-state index in [-0.39, 0.29) is 6.61 Å². The van der Waals surface area contributed by atoms with Gasteiger partial charge in [0, 0.05) is 11.8 Å². The van der Waals surface area contributed by atoms with Gasteiger partial charge in [-0.05, 0) is 17.6 Å². The van der Waals surface area contributed by atoms with Crippen molar-refractivity contribution in [1.82, 2.24) is 4.37 Å². The Morgan fingerprint density at radius 3 is 2.92 bits per heavy atom. The van der Waals surface area contributed by atoms with Crippen LogP contribution in [0.4, 0.5) is 0 Å².